The molecule has 0 aromatic carbocycles. The largest absolute Gasteiger partial charge is 0.356 e. The molecular formula is C41H62N4O4. The van der Waals surface area contributed by atoms with Gasteiger partial charge in [-0.25, -0.2) is 0 Å². The average Bonchev–Trinajstić information content (AvgIpc) is 3.03. The summed E-state index contributed by atoms with van der Waals surface area (Å²) in [6, 6.07) is 2.19. The Morgan fingerprint density at radius 1 is 0.898 bits per heavy atom. The van der Waals surface area contributed by atoms with E-state index in [1.165, 1.54) is 0 Å². The van der Waals surface area contributed by atoms with Crippen LogP contribution in [0.5, 0.6) is 0 Å². The summed E-state index contributed by atoms with van der Waals surface area (Å²) in [5.41, 5.74) is 4.29. The lowest BCUT2D eigenvalue weighted by atomic mass is 9.34. The van der Waals surface area contributed by atoms with E-state index in [9.17, 15) is 24.4 Å². The first-order valence-corrected chi connectivity index (χ1v) is 19.1. The summed E-state index contributed by atoms with van der Waals surface area (Å²) in [6.07, 6.45) is 14.6. The van der Waals surface area contributed by atoms with Crippen LogP contribution in [0.25, 0.3) is 0 Å². The molecule has 0 unspecified atom stereocenters. The molecule has 0 aliphatic heterocycles. The van der Waals surface area contributed by atoms with E-state index >= 15 is 0 Å². The Kier molecular flexibility index (Phi) is 10.2. The summed E-state index contributed by atoms with van der Waals surface area (Å²) >= 11 is 0. The predicted octanol–water partition coefficient (Wildman–Crippen LogP) is 6.74. The first kappa shape index (κ1) is 37.5. The summed E-state index contributed by atoms with van der Waals surface area (Å²) < 4.78 is 0. The van der Waals surface area contributed by atoms with Crippen molar-refractivity contribution < 1.29 is 19.2 Å². The van der Waals surface area contributed by atoms with Gasteiger partial charge in [-0.3, -0.25) is 19.2 Å². The van der Waals surface area contributed by atoms with Crippen molar-refractivity contribution >= 4 is 23.4 Å². The fourth-order valence-corrected chi connectivity index (χ4v) is 11.6. The van der Waals surface area contributed by atoms with Crippen LogP contribution in [0, 0.1) is 61.6 Å². The summed E-state index contributed by atoms with van der Waals surface area (Å²) in [4.78, 5) is 54.9. The lowest BCUT2D eigenvalue weighted by Crippen LogP contribution is -2.66. The predicted molar refractivity (Wildman–Crippen MR) is 192 cm³/mol. The second kappa shape index (κ2) is 13.4. The van der Waals surface area contributed by atoms with Crippen molar-refractivity contribution in [1.29, 1.82) is 5.26 Å². The molecule has 3 saturated carbocycles. The number of fused-ring (bicyclic) bond motifs is 7. The van der Waals surface area contributed by atoms with Crippen LogP contribution < -0.4 is 16.4 Å². The van der Waals surface area contributed by atoms with Gasteiger partial charge >= 0.3 is 0 Å². The fourth-order valence-electron chi connectivity index (χ4n) is 11.6. The molecule has 270 valence electrons. The zero-order chi connectivity index (χ0) is 36.0. The Balaban J connectivity index is 1.38. The second-order valence-corrected chi connectivity index (χ2v) is 18.3. The molecule has 5 rings (SSSR count). The van der Waals surface area contributed by atoms with Crippen LogP contribution >= 0.6 is 0 Å². The molecule has 5 aliphatic carbocycles. The van der Waals surface area contributed by atoms with Gasteiger partial charge in [0.05, 0.1) is 11.0 Å². The zero-order valence-corrected chi connectivity index (χ0v) is 31.4. The number of hydrogen-bond acceptors (Lipinski definition) is 6. The highest BCUT2D eigenvalue weighted by Gasteiger charge is 2.70. The molecule has 8 nitrogen and oxygen atoms in total. The minimum atomic E-state index is -0.699. The highest BCUT2D eigenvalue weighted by molar-refractivity contribution is 6.04. The summed E-state index contributed by atoms with van der Waals surface area (Å²) in [6.45, 7) is 17.1. The quantitative estimate of drug-likeness (QED) is 0.207. The van der Waals surface area contributed by atoms with Gasteiger partial charge in [0.25, 0.3) is 0 Å². The van der Waals surface area contributed by atoms with Gasteiger partial charge in [-0.15, -0.1) is 0 Å². The zero-order valence-electron chi connectivity index (χ0n) is 31.4. The number of nitrogens with zero attached hydrogens (tertiary/aromatic N) is 1. The highest BCUT2D eigenvalue weighted by atomic mass is 16.2. The van der Waals surface area contributed by atoms with Crippen LogP contribution in [0.15, 0.2) is 23.3 Å². The lowest BCUT2D eigenvalue weighted by molar-refractivity contribution is -0.178. The molecule has 0 radical (unpaired) electrons. The fraction of sp³-hybridized carbons (Fsp3) is 0.780. The number of Topliss-reactive ketones (excluding diaryl/α,β-unsaturated/α-hetero) is 1. The van der Waals surface area contributed by atoms with Crippen LogP contribution in [-0.2, 0) is 19.2 Å². The summed E-state index contributed by atoms with van der Waals surface area (Å²) in [7, 11) is 0. The summed E-state index contributed by atoms with van der Waals surface area (Å²) in [5.74, 6) is -0.284. The van der Waals surface area contributed by atoms with Gasteiger partial charge in [0, 0.05) is 36.3 Å². The Labute approximate surface area is 294 Å². The Hall–Kier alpha value is -2.79. The molecular weight excluding hydrogens is 612 g/mol. The van der Waals surface area contributed by atoms with Crippen molar-refractivity contribution in [2.75, 3.05) is 19.6 Å². The van der Waals surface area contributed by atoms with E-state index in [4.69, 9.17) is 5.73 Å². The number of hydrogen-bond donors (Lipinski definition) is 3. The minimum Gasteiger partial charge on any atom is -0.356 e. The number of ketones is 2. The van der Waals surface area contributed by atoms with Gasteiger partial charge in [0.15, 0.2) is 11.6 Å². The normalized spacial score (nSPS) is 37.2. The highest BCUT2D eigenvalue weighted by Crippen LogP contribution is 2.74. The standard InChI is InChI=1S/C41H62N4O4/c1-36(2)16-18-41(35(49)45-22-12-13-32(47)44-21-11-9-8-10-20-42)19-17-40(7)33(28(41)25-36)29(46)23-31-38(5)24-27(26-43)34(48)37(3,4)30(38)14-15-39(31,40)6/h23-24,28,30,33H,8-22,25,42H2,1-7H3,(H,44,47)(H,45,49)/t28-,30-,33-,38-,39+,40+,41-/m0/s1. The van der Waals surface area contributed by atoms with Crippen LogP contribution in [0.1, 0.15) is 132 Å². The van der Waals surface area contributed by atoms with Crippen LogP contribution in [0.3, 0.4) is 0 Å². The van der Waals surface area contributed by atoms with Gasteiger partial charge in [-0.2, -0.15) is 5.26 Å². The number of amides is 2. The van der Waals surface area contributed by atoms with Crippen molar-refractivity contribution in [1.82, 2.24) is 10.6 Å². The SMILES string of the molecule is CC1(C)CC[C@]2(C(=O)NCCCC(=O)NCCCCCCN)CC[C@]3(C)[C@H](C(=O)C=C4[C@@]5(C)C=C(C#N)C(=O)C(C)(C)[C@@H]5CC[C@]43C)[C@@H]2C1. The molecule has 5 aliphatic rings. The number of carbonyl (C=O) groups is 4. The van der Waals surface area contributed by atoms with Gasteiger partial charge in [-0.1, -0.05) is 73.0 Å². The number of nitriles is 1. The number of carbonyl (C=O) groups excluding carboxylic acids is 4. The molecule has 0 aromatic rings. The number of unbranched alkanes of at least 4 members (excludes halogenated alkanes) is 3. The van der Waals surface area contributed by atoms with Crippen LogP contribution in [0.2, 0.25) is 0 Å². The molecule has 2 amide bonds. The Bertz CT molecular complexity index is 1470. The third-order valence-corrected chi connectivity index (χ3v) is 14.6. The molecule has 3 fully saturated rings. The third-order valence-electron chi connectivity index (χ3n) is 14.6. The third kappa shape index (κ3) is 6.14. The van der Waals surface area contributed by atoms with E-state index < -0.39 is 16.2 Å². The topological polar surface area (TPSA) is 142 Å². The van der Waals surface area contributed by atoms with Crippen molar-refractivity contribution in [3.8, 4) is 6.07 Å². The molecule has 0 aromatic heterocycles. The molecule has 0 heterocycles. The first-order valence-electron chi connectivity index (χ1n) is 19.1. The van der Waals surface area contributed by atoms with E-state index in [-0.39, 0.29) is 63.0 Å². The lowest BCUT2D eigenvalue weighted by Gasteiger charge is -2.69. The van der Waals surface area contributed by atoms with E-state index in [1.54, 1.807) is 0 Å². The second-order valence-electron chi connectivity index (χ2n) is 18.3. The van der Waals surface area contributed by atoms with Crippen molar-refractivity contribution in [3.63, 3.8) is 0 Å². The molecule has 0 spiro atoms. The van der Waals surface area contributed by atoms with Gasteiger partial charge in [0.2, 0.25) is 11.8 Å². The van der Waals surface area contributed by atoms with Crippen molar-refractivity contribution in [2.24, 2.45) is 56.0 Å². The number of nitrogens with two attached hydrogens (primary N) is 1. The minimum absolute atomic E-state index is 0.00219. The molecule has 0 saturated heterocycles. The smallest absolute Gasteiger partial charge is 0.226 e. The number of allylic oxidation sites excluding steroid dienone is 4. The number of nitrogens with one attached hydrogen (secondary N) is 2. The molecule has 8 heteroatoms. The van der Waals surface area contributed by atoms with Gasteiger partial charge in [-0.05, 0) is 105 Å². The Morgan fingerprint density at radius 3 is 2.27 bits per heavy atom. The van der Waals surface area contributed by atoms with Gasteiger partial charge < -0.3 is 16.4 Å². The summed E-state index contributed by atoms with van der Waals surface area (Å²) in [5, 5.41) is 16.2. The van der Waals surface area contributed by atoms with Crippen LogP contribution in [0.4, 0.5) is 0 Å². The van der Waals surface area contributed by atoms with E-state index in [0.717, 1.165) is 76.2 Å². The van der Waals surface area contributed by atoms with E-state index in [2.05, 4.69) is 51.3 Å². The van der Waals surface area contributed by atoms with E-state index in [1.807, 2.05) is 26.0 Å². The monoisotopic (exact) mass is 674 g/mol. The van der Waals surface area contributed by atoms with Crippen LogP contribution in [-0.4, -0.2) is 43.0 Å². The number of rotatable bonds is 11. The van der Waals surface area contributed by atoms with Gasteiger partial charge in [0.1, 0.15) is 6.07 Å². The maximum atomic E-state index is 14.7. The average molecular weight is 675 g/mol. The molecule has 0 bridgehead atoms. The molecule has 7 atom stereocenters. The maximum absolute atomic E-state index is 14.7. The first-order chi connectivity index (χ1) is 22.9. The molecule has 4 N–H and O–H groups in total. The molecule has 49 heavy (non-hydrogen) atoms. The Morgan fingerprint density at radius 2 is 1.57 bits per heavy atom. The van der Waals surface area contributed by atoms with Crippen molar-refractivity contribution in [2.45, 2.75) is 132 Å². The van der Waals surface area contributed by atoms with Crippen molar-refractivity contribution in [3.05, 3.63) is 23.3 Å². The maximum Gasteiger partial charge on any atom is 0.226 e. The van der Waals surface area contributed by atoms with E-state index in [0.29, 0.717) is 32.5 Å².